The predicted octanol–water partition coefficient (Wildman–Crippen LogP) is 1.89. The van der Waals surface area contributed by atoms with Crippen LogP contribution in [-0.4, -0.2) is 60.0 Å². The van der Waals surface area contributed by atoms with Gasteiger partial charge in [-0.1, -0.05) is 12.1 Å². The van der Waals surface area contributed by atoms with Crippen LogP contribution in [0.3, 0.4) is 0 Å². The number of nitriles is 1. The fourth-order valence-electron chi connectivity index (χ4n) is 3.34. The number of carbonyl (C=O) groups excluding carboxylic acids is 1. The molecule has 0 N–H and O–H groups in total. The summed E-state index contributed by atoms with van der Waals surface area (Å²) in [5.41, 5.74) is 1.95. The lowest BCUT2D eigenvalue weighted by molar-refractivity contribution is 0.128. The third-order valence-corrected chi connectivity index (χ3v) is 4.74. The lowest BCUT2D eigenvalue weighted by Crippen LogP contribution is -2.46. The highest BCUT2D eigenvalue weighted by Crippen LogP contribution is 2.21. The van der Waals surface area contributed by atoms with Crippen LogP contribution < -0.4 is 0 Å². The first kappa shape index (κ1) is 14.9. The number of piperidine rings is 1. The molecule has 0 aromatic heterocycles. The summed E-state index contributed by atoms with van der Waals surface area (Å²) in [6, 6.07) is 10.5. The second kappa shape index (κ2) is 6.37. The van der Waals surface area contributed by atoms with E-state index in [4.69, 9.17) is 5.26 Å². The highest BCUT2D eigenvalue weighted by molar-refractivity contribution is 5.76. The number of nitrogens with zero attached hydrogens (tertiary/aromatic N) is 4. The number of likely N-dealkylation sites (N-methyl/N-ethyl adjacent to an activating group) is 1. The SMILES string of the molecule is CN1CCN(C2CCN(Cc3ccc(C#N)cc3)CC2)C1=O. The van der Waals surface area contributed by atoms with Crippen LogP contribution in [0.15, 0.2) is 24.3 Å². The molecule has 2 amide bonds. The smallest absolute Gasteiger partial charge is 0.320 e. The van der Waals surface area contributed by atoms with Crippen molar-refractivity contribution in [3.8, 4) is 6.07 Å². The van der Waals surface area contributed by atoms with E-state index in [2.05, 4.69) is 11.0 Å². The lowest BCUT2D eigenvalue weighted by atomic mass is 10.0. The van der Waals surface area contributed by atoms with Crippen molar-refractivity contribution in [3.63, 3.8) is 0 Å². The average Bonchev–Trinajstić information content (AvgIpc) is 2.89. The van der Waals surface area contributed by atoms with E-state index in [1.54, 1.807) is 0 Å². The Bertz CT molecular complexity index is 569. The highest BCUT2D eigenvalue weighted by atomic mass is 16.2. The quantitative estimate of drug-likeness (QED) is 0.856. The Morgan fingerprint density at radius 2 is 1.82 bits per heavy atom. The minimum Gasteiger partial charge on any atom is -0.326 e. The topological polar surface area (TPSA) is 50.6 Å². The molecule has 116 valence electrons. The second-order valence-electron chi connectivity index (χ2n) is 6.21. The zero-order valence-electron chi connectivity index (χ0n) is 13.0. The van der Waals surface area contributed by atoms with Gasteiger partial charge in [-0.15, -0.1) is 0 Å². The molecule has 22 heavy (non-hydrogen) atoms. The first-order valence-electron chi connectivity index (χ1n) is 7.90. The molecule has 0 spiro atoms. The van der Waals surface area contributed by atoms with Gasteiger partial charge in [0.2, 0.25) is 0 Å². The molecule has 5 nitrogen and oxygen atoms in total. The molecule has 5 heteroatoms. The van der Waals surface area contributed by atoms with Crippen LogP contribution in [0.1, 0.15) is 24.0 Å². The van der Waals surface area contributed by atoms with Crippen molar-refractivity contribution >= 4 is 6.03 Å². The molecule has 2 saturated heterocycles. The molecule has 2 heterocycles. The summed E-state index contributed by atoms with van der Waals surface area (Å²) < 4.78 is 0. The predicted molar refractivity (Wildman–Crippen MR) is 84.2 cm³/mol. The molecule has 0 atom stereocenters. The average molecular weight is 298 g/mol. The minimum atomic E-state index is 0.186. The summed E-state index contributed by atoms with van der Waals surface area (Å²) in [5.74, 6) is 0. The van der Waals surface area contributed by atoms with Crippen molar-refractivity contribution in [1.29, 1.82) is 5.26 Å². The summed E-state index contributed by atoms with van der Waals surface area (Å²) in [5, 5.41) is 8.83. The van der Waals surface area contributed by atoms with Crippen molar-refractivity contribution in [1.82, 2.24) is 14.7 Å². The number of hydrogen-bond donors (Lipinski definition) is 0. The molecular weight excluding hydrogens is 276 g/mol. The Morgan fingerprint density at radius 1 is 1.14 bits per heavy atom. The van der Waals surface area contributed by atoms with Crippen LogP contribution in [-0.2, 0) is 6.54 Å². The number of hydrogen-bond acceptors (Lipinski definition) is 3. The van der Waals surface area contributed by atoms with Gasteiger partial charge in [-0.2, -0.15) is 5.26 Å². The zero-order chi connectivity index (χ0) is 15.5. The number of carbonyl (C=O) groups is 1. The van der Waals surface area contributed by atoms with Gasteiger partial charge in [0.25, 0.3) is 0 Å². The Labute approximate surface area is 131 Å². The van der Waals surface area contributed by atoms with Crippen LogP contribution in [0, 0.1) is 11.3 Å². The van der Waals surface area contributed by atoms with Gasteiger partial charge in [-0.3, -0.25) is 4.90 Å². The van der Waals surface area contributed by atoms with Crippen molar-refractivity contribution in [2.45, 2.75) is 25.4 Å². The number of amides is 2. The Hall–Kier alpha value is -2.06. The molecule has 1 aromatic carbocycles. The van der Waals surface area contributed by atoms with E-state index in [1.807, 2.05) is 41.1 Å². The number of benzene rings is 1. The fraction of sp³-hybridized carbons (Fsp3) is 0.529. The van der Waals surface area contributed by atoms with Crippen LogP contribution in [0.5, 0.6) is 0 Å². The molecule has 0 radical (unpaired) electrons. The summed E-state index contributed by atoms with van der Waals surface area (Å²) in [7, 11) is 1.88. The number of likely N-dealkylation sites (tertiary alicyclic amines) is 1. The van der Waals surface area contributed by atoms with Crippen LogP contribution in [0.4, 0.5) is 4.79 Å². The van der Waals surface area contributed by atoms with Crippen molar-refractivity contribution in [2.75, 3.05) is 33.2 Å². The van der Waals surface area contributed by atoms with Gasteiger partial charge in [-0.25, -0.2) is 4.79 Å². The molecule has 1 aromatic rings. The Morgan fingerprint density at radius 3 is 2.36 bits per heavy atom. The first-order chi connectivity index (χ1) is 10.7. The molecule has 2 aliphatic rings. The van der Waals surface area contributed by atoms with Crippen LogP contribution in [0.2, 0.25) is 0 Å². The Kier molecular flexibility index (Phi) is 4.30. The van der Waals surface area contributed by atoms with Crippen LogP contribution >= 0.6 is 0 Å². The zero-order valence-corrected chi connectivity index (χ0v) is 13.0. The summed E-state index contributed by atoms with van der Waals surface area (Å²) >= 11 is 0. The van der Waals surface area contributed by atoms with Crippen molar-refractivity contribution in [3.05, 3.63) is 35.4 Å². The molecule has 2 fully saturated rings. The Balaban J connectivity index is 1.51. The number of urea groups is 1. The minimum absolute atomic E-state index is 0.186. The second-order valence-corrected chi connectivity index (χ2v) is 6.21. The van der Waals surface area contributed by atoms with Gasteiger partial charge < -0.3 is 9.80 Å². The molecule has 0 saturated carbocycles. The first-order valence-corrected chi connectivity index (χ1v) is 7.90. The molecule has 3 rings (SSSR count). The van der Waals surface area contributed by atoms with E-state index in [0.29, 0.717) is 11.6 Å². The van der Waals surface area contributed by atoms with Gasteiger partial charge in [0, 0.05) is 45.8 Å². The van der Waals surface area contributed by atoms with E-state index >= 15 is 0 Å². The van der Waals surface area contributed by atoms with Gasteiger partial charge in [0.1, 0.15) is 0 Å². The lowest BCUT2D eigenvalue weighted by Gasteiger charge is -2.36. The van der Waals surface area contributed by atoms with E-state index < -0.39 is 0 Å². The monoisotopic (exact) mass is 298 g/mol. The van der Waals surface area contributed by atoms with Crippen molar-refractivity contribution in [2.24, 2.45) is 0 Å². The normalized spacial score (nSPS) is 20.5. The fourth-order valence-corrected chi connectivity index (χ4v) is 3.34. The maximum atomic E-state index is 12.0. The van der Waals surface area contributed by atoms with Gasteiger partial charge in [0.05, 0.1) is 11.6 Å². The van der Waals surface area contributed by atoms with Crippen molar-refractivity contribution < 1.29 is 4.79 Å². The standard InChI is InChI=1S/C17H22N4O/c1-19-10-11-21(17(19)22)16-6-8-20(9-7-16)13-15-4-2-14(12-18)3-5-15/h2-5,16H,6-11,13H2,1H3. The highest BCUT2D eigenvalue weighted by Gasteiger charge is 2.33. The maximum absolute atomic E-state index is 12.0. The molecule has 0 aliphatic carbocycles. The van der Waals surface area contributed by atoms with Gasteiger partial charge in [-0.05, 0) is 30.5 Å². The molecule has 0 unspecified atom stereocenters. The molecular formula is C17H22N4O. The summed E-state index contributed by atoms with van der Waals surface area (Å²) in [4.78, 5) is 18.3. The summed E-state index contributed by atoms with van der Waals surface area (Å²) in [6.45, 7) is 4.70. The third kappa shape index (κ3) is 3.07. The van der Waals surface area contributed by atoms with Crippen LogP contribution in [0.25, 0.3) is 0 Å². The summed E-state index contributed by atoms with van der Waals surface area (Å²) in [6.07, 6.45) is 2.10. The van der Waals surface area contributed by atoms with E-state index in [1.165, 1.54) is 5.56 Å². The van der Waals surface area contributed by atoms with E-state index in [0.717, 1.165) is 45.6 Å². The van der Waals surface area contributed by atoms with Gasteiger partial charge >= 0.3 is 6.03 Å². The largest absolute Gasteiger partial charge is 0.326 e. The van der Waals surface area contributed by atoms with E-state index in [9.17, 15) is 4.79 Å². The van der Waals surface area contributed by atoms with E-state index in [-0.39, 0.29) is 6.03 Å². The molecule has 2 aliphatic heterocycles. The molecule has 0 bridgehead atoms. The third-order valence-electron chi connectivity index (χ3n) is 4.74. The maximum Gasteiger partial charge on any atom is 0.320 e. The number of rotatable bonds is 3. The van der Waals surface area contributed by atoms with Gasteiger partial charge in [0.15, 0.2) is 0 Å².